The lowest BCUT2D eigenvalue weighted by Crippen LogP contribution is -2.08. The summed E-state index contributed by atoms with van der Waals surface area (Å²) in [6.45, 7) is 2.60. The topological polar surface area (TPSA) is 29.1 Å². The molecule has 0 fully saturated rings. The molecular formula is C16H16FNO. The molecule has 0 aliphatic carbocycles. The third-order valence-electron chi connectivity index (χ3n) is 2.90. The van der Waals surface area contributed by atoms with Gasteiger partial charge < -0.3 is 5.32 Å². The highest BCUT2D eigenvalue weighted by molar-refractivity contribution is 5.96. The molecule has 0 saturated carbocycles. The maximum Gasteiger partial charge on any atom is 0.164 e. The molecule has 3 heteroatoms. The average molecular weight is 257 g/mol. The molecule has 0 atom stereocenters. The molecule has 0 radical (unpaired) electrons. The second-order valence-corrected chi connectivity index (χ2v) is 4.47. The van der Waals surface area contributed by atoms with E-state index in [4.69, 9.17) is 0 Å². The van der Waals surface area contributed by atoms with Crippen LogP contribution in [0.15, 0.2) is 48.5 Å². The Morgan fingerprint density at radius 1 is 1.05 bits per heavy atom. The van der Waals surface area contributed by atoms with Gasteiger partial charge in [0.1, 0.15) is 5.82 Å². The number of carbonyl (C=O) groups excluding carboxylic acids is 1. The number of halogens is 1. The quantitative estimate of drug-likeness (QED) is 0.825. The predicted octanol–water partition coefficient (Wildman–Crippen LogP) is 3.82. The maximum absolute atomic E-state index is 12.7. The summed E-state index contributed by atoms with van der Waals surface area (Å²) in [5, 5.41) is 3.19. The number of carbonyl (C=O) groups is 1. The average Bonchev–Trinajstić information content (AvgIpc) is 2.41. The largest absolute Gasteiger partial charge is 0.385 e. The van der Waals surface area contributed by atoms with Crippen LogP contribution in [0.3, 0.4) is 0 Å². The van der Waals surface area contributed by atoms with E-state index in [1.165, 1.54) is 29.8 Å². The minimum absolute atomic E-state index is 0.0135. The molecule has 0 heterocycles. The molecule has 98 valence electrons. The fraction of sp³-hybridized carbons (Fsp3) is 0.188. The smallest absolute Gasteiger partial charge is 0.164 e. The fourth-order valence-corrected chi connectivity index (χ4v) is 1.77. The van der Waals surface area contributed by atoms with Crippen LogP contribution in [0.1, 0.15) is 22.3 Å². The molecule has 1 N–H and O–H groups in total. The molecule has 0 aliphatic heterocycles. The van der Waals surface area contributed by atoms with Gasteiger partial charge in [-0.25, -0.2) is 4.39 Å². The molecule has 0 saturated heterocycles. The van der Waals surface area contributed by atoms with Crippen LogP contribution in [0.25, 0.3) is 0 Å². The molecule has 2 aromatic carbocycles. The van der Waals surface area contributed by atoms with Crippen LogP contribution < -0.4 is 5.32 Å². The van der Waals surface area contributed by atoms with E-state index >= 15 is 0 Å². The van der Waals surface area contributed by atoms with Gasteiger partial charge in [-0.1, -0.05) is 17.7 Å². The number of nitrogens with one attached hydrogen (secondary N) is 1. The molecular weight excluding hydrogens is 241 g/mol. The highest BCUT2D eigenvalue weighted by atomic mass is 19.1. The normalized spacial score (nSPS) is 10.2. The lowest BCUT2D eigenvalue weighted by atomic mass is 10.1. The minimum atomic E-state index is -0.325. The first-order valence-corrected chi connectivity index (χ1v) is 6.24. The van der Waals surface area contributed by atoms with Crippen molar-refractivity contribution in [3.63, 3.8) is 0 Å². The molecule has 0 aliphatic rings. The molecule has 0 amide bonds. The Hall–Kier alpha value is -2.16. The van der Waals surface area contributed by atoms with Crippen LogP contribution in [0.4, 0.5) is 10.1 Å². The van der Waals surface area contributed by atoms with Crippen LogP contribution in [-0.4, -0.2) is 12.3 Å². The van der Waals surface area contributed by atoms with E-state index in [1.807, 2.05) is 31.2 Å². The van der Waals surface area contributed by atoms with Gasteiger partial charge in [0.2, 0.25) is 0 Å². The van der Waals surface area contributed by atoms with E-state index in [2.05, 4.69) is 5.32 Å². The van der Waals surface area contributed by atoms with Crippen LogP contribution >= 0.6 is 0 Å². The Morgan fingerprint density at radius 2 is 1.68 bits per heavy atom. The number of aryl methyl sites for hydroxylation is 1. The second kappa shape index (κ2) is 6.14. The Bertz CT molecular complexity index is 546. The van der Waals surface area contributed by atoms with Gasteiger partial charge in [0.15, 0.2) is 5.78 Å². The summed E-state index contributed by atoms with van der Waals surface area (Å²) in [5.41, 5.74) is 2.75. The van der Waals surface area contributed by atoms with E-state index < -0.39 is 0 Å². The van der Waals surface area contributed by atoms with Crippen molar-refractivity contribution in [2.75, 3.05) is 11.9 Å². The number of anilines is 1. The molecule has 0 unspecified atom stereocenters. The number of Topliss-reactive ketones (excluding diaryl/α,β-unsaturated/α-hetero) is 1. The predicted molar refractivity (Wildman–Crippen MR) is 75.0 cm³/mol. The van der Waals surface area contributed by atoms with Crippen molar-refractivity contribution >= 4 is 11.5 Å². The van der Waals surface area contributed by atoms with E-state index in [-0.39, 0.29) is 11.6 Å². The van der Waals surface area contributed by atoms with E-state index in [0.717, 1.165) is 5.69 Å². The van der Waals surface area contributed by atoms with Crippen LogP contribution in [0, 0.1) is 12.7 Å². The minimum Gasteiger partial charge on any atom is -0.385 e. The highest BCUT2D eigenvalue weighted by Crippen LogP contribution is 2.10. The number of hydrogen-bond donors (Lipinski definition) is 1. The second-order valence-electron chi connectivity index (χ2n) is 4.47. The van der Waals surface area contributed by atoms with Gasteiger partial charge in [-0.3, -0.25) is 4.79 Å². The zero-order chi connectivity index (χ0) is 13.7. The van der Waals surface area contributed by atoms with Crippen molar-refractivity contribution < 1.29 is 9.18 Å². The van der Waals surface area contributed by atoms with Crippen LogP contribution in [-0.2, 0) is 0 Å². The third kappa shape index (κ3) is 3.91. The van der Waals surface area contributed by atoms with Gasteiger partial charge in [-0.15, -0.1) is 0 Å². The molecule has 0 aromatic heterocycles. The van der Waals surface area contributed by atoms with Gasteiger partial charge in [0, 0.05) is 24.2 Å². The maximum atomic E-state index is 12.7. The van der Waals surface area contributed by atoms with Gasteiger partial charge in [-0.2, -0.15) is 0 Å². The molecule has 0 bridgehead atoms. The van der Waals surface area contributed by atoms with Crippen molar-refractivity contribution in [3.8, 4) is 0 Å². The third-order valence-corrected chi connectivity index (χ3v) is 2.90. The van der Waals surface area contributed by atoms with Crippen molar-refractivity contribution in [3.05, 3.63) is 65.5 Å². The number of hydrogen-bond acceptors (Lipinski definition) is 2. The SMILES string of the molecule is Cc1ccc(NCCC(=O)c2ccc(F)cc2)cc1. The van der Waals surface area contributed by atoms with Crippen molar-refractivity contribution in [1.29, 1.82) is 0 Å². The van der Waals surface area contributed by atoms with Crippen LogP contribution in [0.5, 0.6) is 0 Å². The Morgan fingerprint density at radius 3 is 2.32 bits per heavy atom. The van der Waals surface area contributed by atoms with Gasteiger partial charge in [-0.05, 0) is 43.3 Å². The lowest BCUT2D eigenvalue weighted by molar-refractivity contribution is 0.0986. The van der Waals surface area contributed by atoms with Crippen molar-refractivity contribution in [2.45, 2.75) is 13.3 Å². The number of rotatable bonds is 5. The first-order chi connectivity index (χ1) is 9.15. The molecule has 2 rings (SSSR count). The highest BCUT2D eigenvalue weighted by Gasteiger charge is 2.05. The number of benzene rings is 2. The summed E-state index contributed by atoms with van der Waals surface area (Å²) in [6, 6.07) is 13.7. The molecule has 0 spiro atoms. The Balaban J connectivity index is 1.84. The summed E-state index contributed by atoms with van der Waals surface area (Å²) in [5.74, 6) is -0.311. The summed E-state index contributed by atoms with van der Waals surface area (Å²) >= 11 is 0. The fourth-order valence-electron chi connectivity index (χ4n) is 1.77. The van der Waals surface area contributed by atoms with Gasteiger partial charge in [0.25, 0.3) is 0 Å². The van der Waals surface area contributed by atoms with E-state index in [0.29, 0.717) is 18.5 Å². The van der Waals surface area contributed by atoms with Gasteiger partial charge >= 0.3 is 0 Å². The monoisotopic (exact) mass is 257 g/mol. The summed E-state index contributed by atoms with van der Waals surface area (Å²) in [4.78, 5) is 11.8. The zero-order valence-corrected chi connectivity index (χ0v) is 10.8. The van der Waals surface area contributed by atoms with E-state index in [9.17, 15) is 9.18 Å². The summed E-state index contributed by atoms with van der Waals surface area (Å²) < 4.78 is 12.7. The molecule has 2 aromatic rings. The number of ketones is 1. The Kier molecular flexibility index (Phi) is 4.29. The standard InChI is InChI=1S/C16H16FNO/c1-12-2-8-15(9-3-12)18-11-10-16(19)13-4-6-14(17)7-5-13/h2-9,18H,10-11H2,1H3. The molecule has 2 nitrogen and oxygen atoms in total. The molecule has 19 heavy (non-hydrogen) atoms. The van der Waals surface area contributed by atoms with Crippen LogP contribution in [0.2, 0.25) is 0 Å². The lowest BCUT2D eigenvalue weighted by Gasteiger charge is -2.06. The van der Waals surface area contributed by atoms with E-state index in [1.54, 1.807) is 0 Å². The van der Waals surface area contributed by atoms with Crippen molar-refractivity contribution in [1.82, 2.24) is 0 Å². The Labute approximate surface area is 112 Å². The zero-order valence-electron chi connectivity index (χ0n) is 10.8. The summed E-state index contributed by atoms with van der Waals surface area (Å²) in [7, 11) is 0. The summed E-state index contributed by atoms with van der Waals surface area (Å²) in [6.07, 6.45) is 0.388. The first-order valence-electron chi connectivity index (χ1n) is 6.24. The van der Waals surface area contributed by atoms with Crippen molar-refractivity contribution in [2.24, 2.45) is 0 Å². The van der Waals surface area contributed by atoms with Gasteiger partial charge in [0.05, 0.1) is 0 Å². The first kappa shape index (κ1) is 13.3.